The van der Waals surface area contributed by atoms with Crippen LogP contribution in [0, 0.1) is 5.41 Å². The monoisotopic (exact) mass is 271 g/mol. The second-order valence-corrected chi connectivity index (χ2v) is 6.70. The Balaban J connectivity index is 2.44. The highest BCUT2D eigenvalue weighted by Gasteiger charge is 2.27. The zero-order valence-corrected chi connectivity index (χ0v) is 12.7. The largest absolute Gasteiger partial charge is 0.392 e. The number of hydrogen-bond acceptors (Lipinski definition) is 3. The Morgan fingerprint density at radius 3 is 2.17 bits per heavy atom. The molecule has 1 atom stereocenters. The average molecular weight is 271 g/mol. The summed E-state index contributed by atoms with van der Waals surface area (Å²) in [6.07, 6.45) is 0.609. The second-order valence-electron chi connectivity index (χ2n) is 6.23. The smallest absolute Gasteiger partial charge is 0.223 e. The molecule has 4 nitrogen and oxygen atoms in total. The van der Waals surface area contributed by atoms with Crippen molar-refractivity contribution in [2.24, 2.45) is 11.1 Å². The van der Waals surface area contributed by atoms with Crippen LogP contribution in [0.4, 0.5) is 0 Å². The maximum Gasteiger partial charge on any atom is 0.223 e. The van der Waals surface area contributed by atoms with E-state index in [9.17, 15) is 4.79 Å². The van der Waals surface area contributed by atoms with Crippen LogP contribution in [0.1, 0.15) is 34.1 Å². The van der Waals surface area contributed by atoms with E-state index in [-0.39, 0.29) is 17.4 Å². The van der Waals surface area contributed by atoms with Gasteiger partial charge in [0.1, 0.15) is 0 Å². The molecule has 1 amide bonds. The fraction of sp³-hybridized carbons (Fsp3) is 0.846. The molecular formula is C13H25N3OS. The quantitative estimate of drug-likeness (QED) is 0.785. The van der Waals surface area contributed by atoms with Crippen LogP contribution in [0.3, 0.4) is 0 Å². The molecule has 1 unspecified atom stereocenters. The van der Waals surface area contributed by atoms with Crippen molar-refractivity contribution in [3.63, 3.8) is 0 Å². The number of nitrogens with zero attached hydrogens (tertiary/aromatic N) is 2. The first-order valence-electron chi connectivity index (χ1n) is 6.52. The number of carbonyl (C=O) groups excluding carboxylic acids is 1. The van der Waals surface area contributed by atoms with Crippen molar-refractivity contribution in [3.8, 4) is 0 Å². The lowest BCUT2D eigenvalue weighted by Crippen LogP contribution is -2.54. The first-order chi connectivity index (χ1) is 8.20. The van der Waals surface area contributed by atoms with Crippen LogP contribution >= 0.6 is 12.2 Å². The fourth-order valence-corrected chi connectivity index (χ4v) is 2.25. The van der Waals surface area contributed by atoms with Gasteiger partial charge in [0.25, 0.3) is 0 Å². The number of rotatable bonds is 3. The molecular weight excluding hydrogens is 246 g/mol. The van der Waals surface area contributed by atoms with Gasteiger partial charge in [-0.05, 0) is 12.3 Å². The van der Waals surface area contributed by atoms with Gasteiger partial charge in [-0.15, -0.1) is 0 Å². The van der Waals surface area contributed by atoms with Gasteiger partial charge in [-0.1, -0.05) is 33.0 Å². The van der Waals surface area contributed by atoms with Gasteiger partial charge in [-0.2, -0.15) is 0 Å². The summed E-state index contributed by atoms with van der Waals surface area (Å²) >= 11 is 5.01. The highest BCUT2D eigenvalue weighted by molar-refractivity contribution is 7.80. The lowest BCUT2D eigenvalue weighted by atomic mass is 9.91. The SMILES string of the molecule is CC(C(N)=S)N1CCN(C(=O)CC(C)(C)C)CC1. The van der Waals surface area contributed by atoms with Gasteiger partial charge >= 0.3 is 0 Å². The number of carbonyl (C=O) groups is 1. The maximum atomic E-state index is 12.1. The first-order valence-corrected chi connectivity index (χ1v) is 6.93. The average Bonchev–Trinajstić information content (AvgIpc) is 2.26. The minimum atomic E-state index is 0.0559. The predicted molar refractivity (Wildman–Crippen MR) is 78.5 cm³/mol. The Morgan fingerprint density at radius 2 is 1.78 bits per heavy atom. The second kappa shape index (κ2) is 5.97. The highest BCUT2D eigenvalue weighted by Crippen LogP contribution is 2.20. The zero-order chi connectivity index (χ0) is 13.9. The third-order valence-electron chi connectivity index (χ3n) is 3.31. The van der Waals surface area contributed by atoms with E-state index in [2.05, 4.69) is 25.7 Å². The topological polar surface area (TPSA) is 49.6 Å². The summed E-state index contributed by atoms with van der Waals surface area (Å²) < 4.78 is 0. The maximum absolute atomic E-state index is 12.1. The molecule has 104 valence electrons. The van der Waals surface area contributed by atoms with Crippen LogP contribution in [0.15, 0.2) is 0 Å². The van der Waals surface area contributed by atoms with Gasteiger partial charge < -0.3 is 10.6 Å². The molecule has 0 aromatic rings. The zero-order valence-electron chi connectivity index (χ0n) is 11.9. The summed E-state index contributed by atoms with van der Waals surface area (Å²) in [5, 5.41) is 0. The first kappa shape index (κ1) is 15.4. The van der Waals surface area contributed by atoms with E-state index in [0.717, 1.165) is 26.2 Å². The lowest BCUT2D eigenvalue weighted by molar-refractivity contribution is -0.134. The summed E-state index contributed by atoms with van der Waals surface area (Å²) in [6, 6.07) is 0.125. The van der Waals surface area contributed by atoms with E-state index >= 15 is 0 Å². The number of piperazine rings is 1. The molecule has 5 heteroatoms. The molecule has 0 aromatic carbocycles. The van der Waals surface area contributed by atoms with Gasteiger partial charge in [0.15, 0.2) is 0 Å². The van der Waals surface area contributed by atoms with Crippen LogP contribution in [-0.4, -0.2) is 52.9 Å². The van der Waals surface area contributed by atoms with Crippen molar-refractivity contribution in [2.45, 2.75) is 40.2 Å². The number of nitrogens with two attached hydrogens (primary N) is 1. The Bertz CT molecular complexity index is 317. The molecule has 0 saturated carbocycles. The Labute approximate surface area is 115 Å². The Morgan fingerprint density at radius 1 is 1.28 bits per heavy atom. The minimum absolute atomic E-state index is 0.0559. The van der Waals surface area contributed by atoms with E-state index in [1.807, 2.05) is 11.8 Å². The summed E-state index contributed by atoms with van der Waals surface area (Å²) in [6.45, 7) is 11.6. The van der Waals surface area contributed by atoms with E-state index in [0.29, 0.717) is 11.4 Å². The van der Waals surface area contributed by atoms with Crippen LogP contribution in [0.5, 0.6) is 0 Å². The fourth-order valence-electron chi connectivity index (χ4n) is 2.10. The summed E-state index contributed by atoms with van der Waals surface area (Å²) in [7, 11) is 0. The third-order valence-corrected chi connectivity index (χ3v) is 3.65. The molecule has 0 bridgehead atoms. The van der Waals surface area contributed by atoms with Crippen molar-refractivity contribution in [3.05, 3.63) is 0 Å². The number of amides is 1. The molecule has 1 saturated heterocycles. The normalized spacial score (nSPS) is 19.7. The standard InChI is InChI=1S/C13H25N3OS/c1-10(12(14)18)15-5-7-16(8-6-15)11(17)9-13(2,3)4/h10H,5-9H2,1-4H3,(H2,14,18). The van der Waals surface area contributed by atoms with Crippen LogP contribution in [0.25, 0.3) is 0 Å². The van der Waals surface area contributed by atoms with Crippen molar-refractivity contribution in [2.75, 3.05) is 26.2 Å². The van der Waals surface area contributed by atoms with Crippen molar-refractivity contribution < 1.29 is 4.79 Å². The molecule has 18 heavy (non-hydrogen) atoms. The molecule has 0 aromatic heterocycles. The van der Waals surface area contributed by atoms with E-state index in [4.69, 9.17) is 18.0 Å². The minimum Gasteiger partial charge on any atom is -0.392 e. The summed E-state index contributed by atoms with van der Waals surface area (Å²) in [5.74, 6) is 0.255. The van der Waals surface area contributed by atoms with Crippen molar-refractivity contribution in [1.82, 2.24) is 9.80 Å². The molecule has 0 aliphatic carbocycles. The summed E-state index contributed by atoms with van der Waals surface area (Å²) in [4.78, 5) is 16.8. The van der Waals surface area contributed by atoms with Crippen LogP contribution in [-0.2, 0) is 4.79 Å². The van der Waals surface area contributed by atoms with Gasteiger partial charge in [-0.3, -0.25) is 9.69 Å². The van der Waals surface area contributed by atoms with Crippen LogP contribution in [0.2, 0.25) is 0 Å². The lowest BCUT2D eigenvalue weighted by Gasteiger charge is -2.38. The van der Waals surface area contributed by atoms with Crippen molar-refractivity contribution >= 4 is 23.1 Å². The molecule has 2 N–H and O–H groups in total. The van der Waals surface area contributed by atoms with Gasteiger partial charge in [0.05, 0.1) is 11.0 Å². The van der Waals surface area contributed by atoms with Gasteiger partial charge in [0.2, 0.25) is 5.91 Å². The molecule has 1 aliphatic heterocycles. The third kappa shape index (κ3) is 4.53. The molecule has 0 spiro atoms. The number of thiocarbonyl (C=S) groups is 1. The van der Waals surface area contributed by atoms with E-state index in [1.165, 1.54) is 0 Å². The van der Waals surface area contributed by atoms with Gasteiger partial charge in [-0.25, -0.2) is 0 Å². The molecule has 1 rings (SSSR count). The summed E-state index contributed by atoms with van der Waals surface area (Å²) in [5.41, 5.74) is 5.71. The van der Waals surface area contributed by atoms with E-state index < -0.39 is 0 Å². The molecule has 0 radical (unpaired) electrons. The predicted octanol–water partition coefficient (Wildman–Crippen LogP) is 1.24. The number of hydrogen-bond donors (Lipinski definition) is 1. The Kier molecular flexibility index (Phi) is 5.10. The highest BCUT2D eigenvalue weighted by atomic mass is 32.1. The molecule has 1 heterocycles. The Hall–Kier alpha value is -0.680. The van der Waals surface area contributed by atoms with E-state index in [1.54, 1.807) is 0 Å². The van der Waals surface area contributed by atoms with Gasteiger partial charge in [0, 0.05) is 32.6 Å². The van der Waals surface area contributed by atoms with Crippen molar-refractivity contribution in [1.29, 1.82) is 0 Å². The molecule has 1 aliphatic rings. The van der Waals surface area contributed by atoms with Crippen LogP contribution < -0.4 is 5.73 Å². The molecule has 1 fully saturated rings.